The van der Waals surface area contributed by atoms with Crippen molar-refractivity contribution in [1.82, 2.24) is 5.32 Å². The van der Waals surface area contributed by atoms with E-state index in [-0.39, 0.29) is 10.8 Å². The summed E-state index contributed by atoms with van der Waals surface area (Å²) in [6.45, 7) is 5.11. The Morgan fingerprint density at radius 3 is 2.54 bits per heavy atom. The standard InChI is InChI=1S/C19H21N3O5S/c1-3-26-10-11-27-16-8-5-14(6-9-16)18(23)21-19(28)20-15-7-4-13(2)17(12-15)22(24)25/h4-9,12H,3,10-11H2,1-2H3,(H2,20,21,23,28). The Kier molecular flexibility index (Phi) is 7.85. The fourth-order valence-corrected chi connectivity index (χ4v) is 2.50. The van der Waals surface area contributed by atoms with Crippen molar-refractivity contribution >= 4 is 34.6 Å². The molecule has 0 aliphatic rings. The van der Waals surface area contributed by atoms with Gasteiger partial charge in [-0.1, -0.05) is 6.07 Å². The maximum Gasteiger partial charge on any atom is 0.274 e. The van der Waals surface area contributed by atoms with Gasteiger partial charge in [-0.2, -0.15) is 0 Å². The van der Waals surface area contributed by atoms with Crippen molar-refractivity contribution in [3.05, 3.63) is 63.7 Å². The number of benzene rings is 2. The molecule has 28 heavy (non-hydrogen) atoms. The van der Waals surface area contributed by atoms with Crippen molar-refractivity contribution in [3.63, 3.8) is 0 Å². The molecule has 2 aromatic rings. The summed E-state index contributed by atoms with van der Waals surface area (Å²) in [4.78, 5) is 22.8. The van der Waals surface area contributed by atoms with Gasteiger partial charge in [0.1, 0.15) is 12.4 Å². The second-order valence-electron chi connectivity index (χ2n) is 5.74. The van der Waals surface area contributed by atoms with Gasteiger partial charge in [-0.15, -0.1) is 0 Å². The number of amides is 1. The normalized spacial score (nSPS) is 10.2. The lowest BCUT2D eigenvalue weighted by Crippen LogP contribution is -2.34. The summed E-state index contributed by atoms with van der Waals surface area (Å²) >= 11 is 5.11. The van der Waals surface area contributed by atoms with Crippen molar-refractivity contribution < 1.29 is 19.2 Å². The maximum absolute atomic E-state index is 12.3. The Labute approximate surface area is 168 Å². The molecule has 0 spiro atoms. The SMILES string of the molecule is CCOCCOc1ccc(C(=O)NC(=S)Nc2ccc(C)c([N+](=O)[O-])c2)cc1. The second-order valence-corrected chi connectivity index (χ2v) is 6.14. The average Bonchev–Trinajstić information content (AvgIpc) is 2.67. The zero-order valence-electron chi connectivity index (χ0n) is 15.6. The Morgan fingerprint density at radius 1 is 1.18 bits per heavy atom. The average molecular weight is 403 g/mol. The number of hydrogen-bond acceptors (Lipinski definition) is 6. The van der Waals surface area contributed by atoms with Crippen molar-refractivity contribution in [2.24, 2.45) is 0 Å². The molecule has 0 saturated heterocycles. The largest absolute Gasteiger partial charge is 0.491 e. The topological polar surface area (TPSA) is 103 Å². The molecule has 0 aliphatic carbocycles. The number of nitrogens with one attached hydrogen (secondary N) is 2. The second kappa shape index (κ2) is 10.3. The summed E-state index contributed by atoms with van der Waals surface area (Å²) in [5, 5.41) is 16.4. The molecule has 2 aromatic carbocycles. The number of thiocarbonyl (C=S) groups is 1. The fourth-order valence-electron chi connectivity index (χ4n) is 2.29. The van der Waals surface area contributed by atoms with E-state index in [1.54, 1.807) is 43.3 Å². The molecule has 0 radical (unpaired) electrons. The van der Waals surface area contributed by atoms with Crippen LogP contribution in [0.1, 0.15) is 22.8 Å². The van der Waals surface area contributed by atoms with E-state index >= 15 is 0 Å². The van der Waals surface area contributed by atoms with Crippen LogP contribution in [0.3, 0.4) is 0 Å². The number of carbonyl (C=O) groups is 1. The highest BCUT2D eigenvalue weighted by Crippen LogP contribution is 2.22. The first kappa shape index (κ1) is 21.3. The molecule has 148 valence electrons. The zero-order chi connectivity index (χ0) is 20.5. The van der Waals surface area contributed by atoms with Crippen LogP contribution in [0.5, 0.6) is 5.75 Å². The molecule has 0 fully saturated rings. The lowest BCUT2D eigenvalue weighted by molar-refractivity contribution is -0.385. The Bertz CT molecular complexity index is 855. The number of hydrogen-bond donors (Lipinski definition) is 2. The number of carbonyl (C=O) groups excluding carboxylic acids is 1. The van der Waals surface area contributed by atoms with Crippen LogP contribution in [0, 0.1) is 17.0 Å². The van der Waals surface area contributed by atoms with Gasteiger partial charge in [0.05, 0.1) is 11.5 Å². The van der Waals surface area contributed by atoms with E-state index in [0.717, 1.165) is 0 Å². The number of nitro groups is 1. The van der Waals surface area contributed by atoms with Gasteiger partial charge >= 0.3 is 0 Å². The predicted octanol–water partition coefficient (Wildman–Crippen LogP) is 3.45. The van der Waals surface area contributed by atoms with E-state index in [0.29, 0.717) is 42.4 Å². The van der Waals surface area contributed by atoms with Gasteiger partial charge in [0.15, 0.2) is 5.11 Å². The summed E-state index contributed by atoms with van der Waals surface area (Å²) in [6.07, 6.45) is 0. The molecule has 0 saturated carbocycles. The number of ether oxygens (including phenoxy) is 2. The first-order chi connectivity index (χ1) is 13.4. The Hall–Kier alpha value is -3.04. The zero-order valence-corrected chi connectivity index (χ0v) is 16.4. The maximum atomic E-state index is 12.3. The summed E-state index contributed by atoms with van der Waals surface area (Å²) < 4.78 is 10.7. The number of nitrogens with zero attached hydrogens (tertiary/aromatic N) is 1. The van der Waals surface area contributed by atoms with Crippen LogP contribution in [0.2, 0.25) is 0 Å². The number of rotatable bonds is 8. The molecule has 2 rings (SSSR count). The van der Waals surface area contributed by atoms with Crippen LogP contribution in [-0.2, 0) is 4.74 Å². The van der Waals surface area contributed by atoms with E-state index in [9.17, 15) is 14.9 Å². The minimum Gasteiger partial charge on any atom is -0.491 e. The van der Waals surface area contributed by atoms with E-state index in [1.807, 2.05) is 6.92 Å². The highest BCUT2D eigenvalue weighted by atomic mass is 32.1. The lowest BCUT2D eigenvalue weighted by atomic mass is 10.2. The lowest BCUT2D eigenvalue weighted by Gasteiger charge is -2.11. The molecule has 1 amide bonds. The van der Waals surface area contributed by atoms with Crippen LogP contribution in [-0.4, -0.2) is 35.8 Å². The molecule has 2 N–H and O–H groups in total. The van der Waals surface area contributed by atoms with Crippen LogP contribution in [0.25, 0.3) is 0 Å². The predicted molar refractivity (Wildman–Crippen MR) is 110 cm³/mol. The summed E-state index contributed by atoms with van der Waals surface area (Å²) in [7, 11) is 0. The van der Waals surface area contributed by atoms with Crippen molar-refractivity contribution in [2.75, 3.05) is 25.1 Å². The van der Waals surface area contributed by atoms with Gasteiger partial charge in [-0.3, -0.25) is 20.2 Å². The summed E-state index contributed by atoms with van der Waals surface area (Å²) in [5.74, 6) is 0.226. The first-order valence-electron chi connectivity index (χ1n) is 8.58. The van der Waals surface area contributed by atoms with Crippen LogP contribution in [0.15, 0.2) is 42.5 Å². The highest BCUT2D eigenvalue weighted by Gasteiger charge is 2.13. The minimum absolute atomic E-state index is 0.0287. The van der Waals surface area contributed by atoms with Gasteiger partial charge in [-0.25, -0.2) is 0 Å². The van der Waals surface area contributed by atoms with Crippen LogP contribution >= 0.6 is 12.2 Å². The molecular formula is C19H21N3O5S. The first-order valence-corrected chi connectivity index (χ1v) is 8.99. The minimum atomic E-state index is -0.472. The van der Waals surface area contributed by atoms with Gasteiger partial charge in [0, 0.05) is 29.5 Å². The van der Waals surface area contributed by atoms with Gasteiger partial charge < -0.3 is 14.8 Å². The molecule has 9 heteroatoms. The van der Waals surface area contributed by atoms with Gasteiger partial charge in [0.25, 0.3) is 11.6 Å². The third kappa shape index (κ3) is 6.29. The third-order valence-electron chi connectivity index (χ3n) is 3.71. The molecule has 0 bridgehead atoms. The quantitative estimate of drug-likeness (QED) is 0.301. The van der Waals surface area contributed by atoms with Gasteiger partial charge in [0.2, 0.25) is 0 Å². The molecule has 0 aliphatic heterocycles. The fraction of sp³-hybridized carbons (Fsp3) is 0.263. The van der Waals surface area contributed by atoms with E-state index in [1.165, 1.54) is 6.07 Å². The monoisotopic (exact) mass is 403 g/mol. The molecule has 8 nitrogen and oxygen atoms in total. The van der Waals surface area contributed by atoms with Crippen molar-refractivity contribution in [3.8, 4) is 5.75 Å². The molecule has 0 atom stereocenters. The Balaban J connectivity index is 1.91. The van der Waals surface area contributed by atoms with Crippen LogP contribution < -0.4 is 15.4 Å². The number of nitro benzene ring substituents is 1. The van der Waals surface area contributed by atoms with Gasteiger partial charge in [-0.05, 0) is 56.4 Å². The molecular weight excluding hydrogens is 382 g/mol. The Morgan fingerprint density at radius 2 is 1.89 bits per heavy atom. The summed E-state index contributed by atoms with van der Waals surface area (Å²) in [5.41, 5.74) is 1.32. The number of anilines is 1. The molecule has 0 aromatic heterocycles. The van der Waals surface area contributed by atoms with Crippen molar-refractivity contribution in [1.29, 1.82) is 0 Å². The summed E-state index contributed by atoms with van der Waals surface area (Å²) in [6, 6.07) is 11.2. The molecule has 0 unspecified atom stereocenters. The third-order valence-corrected chi connectivity index (χ3v) is 3.91. The van der Waals surface area contributed by atoms with E-state index < -0.39 is 10.8 Å². The smallest absolute Gasteiger partial charge is 0.274 e. The van der Waals surface area contributed by atoms with Crippen molar-refractivity contribution in [2.45, 2.75) is 13.8 Å². The van der Waals surface area contributed by atoms with E-state index in [4.69, 9.17) is 21.7 Å². The highest BCUT2D eigenvalue weighted by molar-refractivity contribution is 7.80. The number of aryl methyl sites for hydroxylation is 1. The van der Waals surface area contributed by atoms with E-state index in [2.05, 4.69) is 10.6 Å². The van der Waals surface area contributed by atoms with Crippen LogP contribution in [0.4, 0.5) is 11.4 Å². The molecule has 0 heterocycles.